The van der Waals surface area contributed by atoms with Gasteiger partial charge in [-0.1, -0.05) is 12.1 Å². The maximum Gasteiger partial charge on any atom is 0.260 e. The van der Waals surface area contributed by atoms with Gasteiger partial charge in [-0.15, -0.1) is 0 Å². The van der Waals surface area contributed by atoms with E-state index < -0.39 is 5.92 Å². The summed E-state index contributed by atoms with van der Waals surface area (Å²) in [5.74, 6) is -1.43. The fraction of sp³-hybridized carbons (Fsp3) is 0.308. The maximum absolute atomic E-state index is 11.9. The lowest BCUT2D eigenvalue weighted by Crippen LogP contribution is -2.34. The molecule has 0 saturated carbocycles. The van der Waals surface area contributed by atoms with Gasteiger partial charge in [-0.05, 0) is 31.5 Å². The minimum Gasteiger partial charge on any atom is -0.325 e. The predicted molar refractivity (Wildman–Crippen MR) is 69.2 cm³/mol. The molecule has 1 unspecified atom stereocenters. The molecular weight excluding hydrogens is 230 g/mol. The molecule has 1 aliphatic heterocycles. The topological polar surface area (TPSA) is 61.8 Å². The SMILES string of the molecule is CCN1N=CC(C(=O)Nc2cccc(C)c2)C1=O. The third-order valence-electron chi connectivity index (χ3n) is 2.74. The fourth-order valence-electron chi connectivity index (χ4n) is 1.79. The Morgan fingerprint density at radius 3 is 2.89 bits per heavy atom. The molecule has 5 heteroatoms. The Hall–Kier alpha value is -2.17. The Bertz CT molecular complexity index is 511. The quantitative estimate of drug-likeness (QED) is 0.818. The van der Waals surface area contributed by atoms with Crippen molar-refractivity contribution in [1.29, 1.82) is 0 Å². The van der Waals surface area contributed by atoms with Gasteiger partial charge in [-0.2, -0.15) is 5.10 Å². The molecule has 1 aromatic carbocycles. The number of aryl methyl sites for hydroxylation is 1. The second-order valence-corrected chi connectivity index (χ2v) is 4.15. The number of benzene rings is 1. The summed E-state index contributed by atoms with van der Waals surface area (Å²) >= 11 is 0. The molecule has 2 amide bonds. The lowest BCUT2D eigenvalue weighted by Gasteiger charge is -2.12. The molecule has 94 valence electrons. The van der Waals surface area contributed by atoms with E-state index in [1.54, 1.807) is 6.07 Å². The van der Waals surface area contributed by atoms with E-state index in [0.29, 0.717) is 12.2 Å². The van der Waals surface area contributed by atoms with Gasteiger partial charge < -0.3 is 5.32 Å². The number of nitrogens with one attached hydrogen (secondary N) is 1. The maximum atomic E-state index is 11.9. The Labute approximate surface area is 105 Å². The van der Waals surface area contributed by atoms with Crippen LogP contribution in [0.1, 0.15) is 12.5 Å². The second kappa shape index (κ2) is 5.00. The van der Waals surface area contributed by atoms with Crippen molar-refractivity contribution in [3.8, 4) is 0 Å². The van der Waals surface area contributed by atoms with Gasteiger partial charge in [-0.3, -0.25) is 9.59 Å². The number of carbonyl (C=O) groups excluding carboxylic acids is 2. The Morgan fingerprint density at radius 1 is 1.50 bits per heavy atom. The van der Waals surface area contributed by atoms with Crippen molar-refractivity contribution in [3.05, 3.63) is 29.8 Å². The average molecular weight is 245 g/mol. The molecule has 1 aromatic rings. The molecular formula is C13H15N3O2. The first-order valence-electron chi connectivity index (χ1n) is 5.85. The molecule has 2 rings (SSSR count). The summed E-state index contributed by atoms with van der Waals surface area (Å²) in [6.07, 6.45) is 1.39. The van der Waals surface area contributed by atoms with Crippen LogP contribution in [-0.2, 0) is 9.59 Å². The van der Waals surface area contributed by atoms with Crippen LogP contribution in [0.25, 0.3) is 0 Å². The van der Waals surface area contributed by atoms with E-state index >= 15 is 0 Å². The first-order valence-corrected chi connectivity index (χ1v) is 5.85. The molecule has 18 heavy (non-hydrogen) atoms. The summed E-state index contributed by atoms with van der Waals surface area (Å²) in [4.78, 5) is 23.7. The zero-order valence-corrected chi connectivity index (χ0v) is 10.4. The number of hydrazone groups is 1. The molecule has 0 spiro atoms. The van der Waals surface area contributed by atoms with E-state index in [1.807, 2.05) is 32.0 Å². The van der Waals surface area contributed by atoms with Crippen molar-refractivity contribution < 1.29 is 9.59 Å². The minimum atomic E-state index is -0.814. The van der Waals surface area contributed by atoms with Crippen LogP contribution >= 0.6 is 0 Å². The molecule has 0 bridgehead atoms. The van der Waals surface area contributed by atoms with E-state index in [2.05, 4.69) is 10.4 Å². The normalized spacial score (nSPS) is 18.2. The Morgan fingerprint density at radius 2 is 2.28 bits per heavy atom. The molecule has 0 radical (unpaired) electrons. The van der Waals surface area contributed by atoms with Crippen molar-refractivity contribution in [2.45, 2.75) is 13.8 Å². The van der Waals surface area contributed by atoms with E-state index in [9.17, 15) is 9.59 Å². The smallest absolute Gasteiger partial charge is 0.260 e. The van der Waals surface area contributed by atoms with Gasteiger partial charge in [0.25, 0.3) is 5.91 Å². The molecule has 1 heterocycles. The van der Waals surface area contributed by atoms with Crippen LogP contribution in [-0.4, -0.2) is 29.6 Å². The molecule has 0 saturated heterocycles. The number of hydrogen-bond acceptors (Lipinski definition) is 3. The number of anilines is 1. The molecule has 0 fully saturated rings. The first kappa shape index (κ1) is 12.3. The lowest BCUT2D eigenvalue weighted by atomic mass is 10.1. The largest absolute Gasteiger partial charge is 0.325 e. The molecule has 5 nitrogen and oxygen atoms in total. The van der Waals surface area contributed by atoms with Gasteiger partial charge in [-0.25, -0.2) is 5.01 Å². The highest BCUT2D eigenvalue weighted by Gasteiger charge is 2.33. The van der Waals surface area contributed by atoms with E-state index in [1.165, 1.54) is 11.2 Å². The van der Waals surface area contributed by atoms with Crippen molar-refractivity contribution >= 4 is 23.7 Å². The van der Waals surface area contributed by atoms with Crippen molar-refractivity contribution in [3.63, 3.8) is 0 Å². The molecule has 1 atom stereocenters. The van der Waals surface area contributed by atoms with Crippen molar-refractivity contribution in [2.24, 2.45) is 11.0 Å². The number of hydrogen-bond donors (Lipinski definition) is 1. The Balaban J connectivity index is 2.06. The average Bonchev–Trinajstić information content (AvgIpc) is 2.70. The number of amides is 2. The van der Waals surface area contributed by atoms with Gasteiger partial charge >= 0.3 is 0 Å². The van der Waals surface area contributed by atoms with Gasteiger partial charge in [0.1, 0.15) is 0 Å². The summed E-state index contributed by atoms with van der Waals surface area (Å²) in [6, 6.07) is 7.44. The molecule has 0 aromatic heterocycles. The third-order valence-corrected chi connectivity index (χ3v) is 2.74. The van der Waals surface area contributed by atoms with Crippen LogP contribution in [0.15, 0.2) is 29.4 Å². The molecule has 1 aliphatic rings. The third kappa shape index (κ3) is 2.40. The summed E-state index contributed by atoms with van der Waals surface area (Å²) in [6.45, 7) is 4.23. The summed E-state index contributed by atoms with van der Waals surface area (Å²) in [7, 11) is 0. The van der Waals surface area contributed by atoms with Gasteiger partial charge in [0.15, 0.2) is 5.92 Å². The summed E-state index contributed by atoms with van der Waals surface area (Å²) < 4.78 is 0. The first-order chi connectivity index (χ1) is 8.61. The van der Waals surface area contributed by atoms with Crippen LogP contribution in [0.3, 0.4) is 0 Å². The van der Waals surface area contributed by atoms with Crippen LogP contribution in [0.2, 0.25) is 0 Å². The summed E-state index contributed by atoms with van der Waals surface area (Å²) in [5, 5.41) is 7.91. The zero-order valence-electron chi connectivity index (χ0n) is 10.4. The second-order valence-electron chi connectivity index (χ2n) is 4.15. The number of rotatable bonds is 3. The van der Waals surface area contributed by atoms with Crippen molar-refractivity contribution in [1.82, 2.24) is 5.01 Å². The standard InChI is InChI=1S/C13H15N3O2/c1-3-16-13(18)11(8-14-16)12(17)15-10-6-4-5-9(2)7-10/h4-8,11H,3H2,1-2H3,(H,15,17). The van der Waals surface area contributed by atoms with E-state index in [4.69, 9.17) is 0 Å². The van der Waals surface area contributed by atoms with Crippen LogP contribution in [0.4, 0.5) is 5.69 Å². The molecule has 0 aliphatic carbocycles. The number of carbonyl (C=O) groups is 2. The van der Waals surface area contributed by atoms with E-state index in [0.717, 1.165) is 5.56 Å². The van der Waals surface area contributed by atoms with Crippen LogP contribution in [0, 0.1) is 12.8 Å². The monoisotopic (exact) mass is 245 g/mol. The van der Waals surface area contributed by atoms with Crippen LogP contribution in [0.5, 0.6) is 0 Å². The highest BCUT2D eigenvalue weighted by atomic mass is 16.2. The minimum absolute atomic E-state index is 0.275. The van der Waals surface area contributed by atoms with Gasteiger partial charge in [0, 0.05) is 18.4 Å². The van der Waals surface area contributed by atoms with Crippen LogP contribution < -0.4 is 5.32 Å². The zero-order chi connectivity index (χ0) is 13.1. The van der Waals surface area contributed by atoms with Crippen molar-refractivity contribution in [2.75, 3.05) is 11.9 Å². The highest BCUT2D eigenvalue weighted by Crippen LogP contribution is 2.14. The highest BCUT2D eigenvalue weighted by molar-refractivity contribution is 6.18. The Kier molecular flexibility index (Phi) is 3.41. The van der Waals surface area contributed by atoms with Gasteiger partial charge in [0.2, 0.25) is 5.91 Å². The summed E-state index contributed by atoms with van der Waals surface area (Å²) in [5.41, 5.74) is 1.74. The fourth-order valence-corrected chi connectivity index (χ4v) is 1.79. The lowest BCUT2D eigenvalue weighted by molar-refractivity contribution is -0.135. The molecule has 1 N–H and O–H groups in total. The van der Waals surface area contributed by atoms with Gasteiger partial charge in [0.05, 0.1) is 0 Å². The number of nitrogens with zero attached hydrogens (tertiary/aromatic N) is 2. The van der Waals surface area contributed by atoms with E-state index in [-0.39, 0.29) is 11.8 Å². The predicted octanol–water partition coefficient (Wildman–Crippen LogP) is 1.40.